The summed E-state index contributed by atoms with van der Waals surface area (Å²) in [6, 6.07) is 21.8. The van der Waals surface area contributed by atoms with Gasteiger partial charge in [-0.1, -0.05) is 87.0 Å². The van der Waals surface area contributed by atoms with Gasteiger partial charge in [0.05, 0.1) is 72.7 Å². The second kappa shape index (κ2) is 26.5. The van der Waals surface area contributed by atoms with Crippen LogP contribution in [-0.4, -0.2) is 165 Å². The molecule has 0 spiro atoms. The Balaban J connectivity index is 0.737. The number of methoxy groups -OCH3 is 1. The number of benzene rings is 4. The number of aliphatic hydroxyl groups excluding tert-OH is 1. The van der Waals surface area contributed by atoms with E-state index in [1.54, 1.807) is 53.8 Å². The molecule has 0 radical (unpaired) electrons. The van der Waals surface area contributed by atoms with E-state index in [2.05, 4.69) is 35.8 Å². The monoisotopic (exact) mass is 1200 g/mol. The van der Waals surface area contributed by atoms with Crippen LogP contribution >= 0.6 is 22.9 Å². The topological polar surface area (TPSA) is 232 Å². The van der Waals surface area contributed by atoms with Gasteiger partial charge in [-0.25, -0.2) is 13.4 Å². The fourth-order valence-corrected chi connectivity index (χ4v) is 11.9. The van der Waals surface area contributed by atoms with Gasteiger partial charge in [0.15, 0.2) is 21.3 Å². The molecule has 4 N–H and O–H groups in total. The highest BCUT2D eigenvalue weighted by Crippen LogP contribution is 2.48. The maximum absolute atomic E-state index is 14.5. The lowest BCUT2D eigenvalue weighted by Gasteiger charge is -2.35. The van der Waals surface area contributed by atoms with Crippen LogP contribution in [0.3, 0.4) is 0 Å². The fraction of sp³-hybridized carbons (Fsp3) is 0.448. The number of thiazole rings is 1. The van der Waals surface area contributed by atoms with E-state index in [-0.39, 0.29) is 66.0 Å². The van der Waals surface area contributed by atoms with Crippen LogP contribution in [0.15, 0.2) is 95.3 Å². The third-order valence-electron chi connectivity index (χ3n) is 14.6. The second-order valence-electron chi connectivity index (χ2n) is 21.6. The van der Waals surface area contributed by atoms with Crippen LogP contribution in [0.5, 0.6) is 17.5 Å². The number of carbonyl (C=O) groups excluding carboxylic acids is 2. The van der Waals surface area contributed by atoms with Crippen molar-refractivity contribution in [2.75, 3.05) is 95.8 Å². The number of piperazine rings is 1. The Bertz CT molecular complexity index is 3350. The van der Waals surface area contributed by atoms with E-state index in [4.69, 9.17) is 40.3 Å². The van der Waals surface area contributed by atoms with Crippen LogP contribution in [0, 0.1) is 12.3 Å². The van der Waals surface area contributed by atoms with Gasteiger partial charge >= 0.3 is 12.3 Å². The molecule has 2 amide bonds. The number of alkyl halides is 2. The number of anilines is 2. The van der Waals surface area contributed by atoms with Gasteiger partial charge in [0.1, 0.15) is 11.9 Å². The Kier molecular flexibility index (Phi) is 19.5. The van der Waals surface area contributed by atoms with Gasteiger partial charge in [-0.15, -0.1) is 20.1 Å². The number of nitrogens with one attached hydrogen (secondary N) is 3. The summed E-state index contributed by atoms with van der Waals surface area (Å²) < 4.78 is 81.9. The van der Waals surface area contributed by atoms with E-state index >= 15 is 0 Å². The minimum atomic E-state index is -3.89. The number of halogens is 3. The highest BCUT2D eigenvalue weighted by atomic mass is 35.5. The zero-order valence-corrected chi connectivity index (χ0v) is 49.5. The first-order valence-corrected chi connectivity index (χ1v) is 30.4. The maximum Gasteiger partial charge on any atom is 0.586 e. The van der Waals surface area contributed by atoms with Crippen LogP contribution in [-0.2, 0) is 41.9 Å². The number of para-hydroxylation sites is 1. The van der Waals surface area contributed by atoms with E-state index in [1.165, 1.54) is 30.2 Å². The standard InChI is InChI=1S/C58H69ClF2N10O10S2/c1-36-51(82-35-64-36)38-16-14-37(15-17-38)33-63-53(73)46-32-40(72)34-71(46)54(74)52(57(2,3)4)62-20-26-78-28-29-79-27-25-69-21-23-70(24-22-69)55-66-48(67-56(68-55)77-5)31-39-30-41(83(6,75)76)18-19-45(39)65-49(42-10-7-8-12-44(42)59)43-11-9-13-47-50(43)81-58(60,61)80-47/h7-19,30,35,40,46,49,52,62,65,72H,20-29,31-34H2,1-6H3,(H,63,73)/t40-,46+,49-,52-/m1/s1. The molecule has 4 atom stereocenters. The molecule has 9 rings (SSSR count). The lowest BCUT2D eigenvalue weighted by molar-refractivity contribution is -0.287. The largest absolute Gasteiger partial charge is 0.586 e. The molecule has 5 heterocycles. The SMILES string of the molecule is COc1nc(Cc2cc(S(C)(=O)=O)ccc2N[C@H](c2ccccc2Cl)c2cccc3c2OC(F)(F)O3)nc(N2CCN(CCOCCOCCN[C@H](C(=O)N3C[C@H](O)C[C@H]3C(=O)NCc3ccc(-c4scnc4C)cc3)C(C)(C)C)CC2)n1. The van der Waals surface area contributed by atoms with Gasteiger partial charge < -0.3 is 54.5 Å². The molecule has 2 aromatic heterocycles. The van der Waals surface area contributed by atoms with Crippen LogP contribution in [0.4, 0.5) is 20.4 Å². The molecule has 0 aliphatic carbocycles. The number of rotatable bonds is 24. The predicted molar refractivity (Wildman–Crippen MR) is 310 cm³/mol. The molecular weight excluding hydrogens is 1130 g/mol. The van der Waals surface area contributed by atoms with E-state index in [9.17, 15) is 31.9 Å². The molecule has 6 aromatic rings. The summed E-state index contributed by atoms with van der Waals surface area (Å²) in [6.07, 6.45) is -3.42. The summed E-state index contributed by atoms with van der Waals surface area (Å²) in [7, 11) is -2.24. The van der Waals surface area contributed by atoms with Gasteiger partial charge in [0, 0.05) is 87.7 Å². The Morgan fingerprint density at radius 3 is 2.36 bits per heavy atom. The Labute approximate surface area is 490 Å². The molecule has 4 aromatic carbocycles. The molecule has 25 heteroatoms. The van der Waals surface area contributed by atoms with Gasteiger partial charge in [-0.05, 0) is 64.9 Å². The average Bonchev–Trinajstić information content (AvgIpc) is 4.41. The first kappa shape index (κ1) is 60.9. The van der Waals surface area contributed by atoms with Gasteiger partial charge in [-0.3, -0.25) is 14.5 Å². The quantitative estimate of drug-likeness (QED) is 0.0451. The van der Waals surface area contributed by atoms with Gasteiger partial charge in [0.25, 0.3) is 0 Å². The lowest BCUT2D eigenvalue weighted by atomic mass is 9.85. The molecule has 0 unspecified atom stereocenters. The summed E-state index contributed by atoms with van der Waals surface area (Å²) in [5, 5.41) is 20.8. The Morgan fingerprint density at radius 1 is 0.928 bits per heavy atom. The first-order valence-electron chi connectivity index (χ1n) is 27.3. The lowest BCUT2D eigenvalue weighted by Crippen LogP contribution is -2.57. The molecule has 0 saturated carbocycles. The van der Waals surface area contributed by atoms with E-state index in [1.807, 2.05) is 62.4 Å². The number of β-amino-alcohol motifs (C(OH)–C–C–N with tert-alkyl or cyclic N) is 1. The van der Waals surface area contributed by atoms with E-state index in [0.717, 1.165) is 28.0 Å². The fourth-order valence-electron chi connectivity index (χ4n) is 10.2. The van der Waals surface area contributed by atoms with Crippen molar-refractivity contribution in [3.05, 3.63) is 129 Å². The summed E-state index contributed by atoms with van der Waals surface area (Å²) >= 11 is 8.32. The number of aromatic nitrogens is 4. The molecule has 2 saturated heterocycles. The molecule has 2 fully saturated rings. The molecule has 20 nitrogen and oxygen atoms in total. The van der Waals surface area contributed by atoms with Crippen molar-refractivity contribution in [3.63, 3.8) is 0 Å². The highest BCUT2D eigenvalue weighted by molar-refractivity contribution is 7.90. The molecule has 3 aliphatic heterocycles. The third kappa shape index (κ3) is 15.4. The van der Waals surface area contributed by atoms with Crippen molar-refractivity contribution in [3.8, 4) is 28.0 Å². The number of ether oxygens (including phenoxy) is 5. The number of nitrogens with zero attached hydrogens (tertiary/aromatic N) is 7. The second-order valence-corrected chi connectivity index (χ2v) is 24.9. The minimum absolute atomic E-state index is 0.0193. The zero-order valence-electron chi connectivity index (χ0n) is 47.1. The Morgan fingerprint density at radius 2 is 1.66 bits per heavy atom. The average molecular weight is 1200 g/mol. The van der Waals surface area contributed by atoms with Crippen molar-refractivity contribution in [1.82, 2.24) is 40.4 Å². The van der Waals surface area contributed by atoms with Crippen molar-refractivity contribution >= 4 is 56.2 Å². The third-order valence-corrected chi connectivity index (χ3v) is 17.0. The minimum Gasteiger partial charge on any atom is -0.467 e. The van der Waals surface area contributed by atoms with E-state index < -0.39 is 45.8 Å². The number of hydrogen-bond donors (Lipinski definition) is 4. The predicted octanol–water partition coefficient (Wildman–Crippen LogP) is 6.92. The molecule has 444 valence electrons. The molecular formula is C58H69ClF2N10O10S2. The summed E-state index contributed by atoms with van der Waals surface area (Å²) in [4.78, 5) is 52.8. The maximum atomic E-state index is 14.5. The summed E-state index contributed by atoms with van der Waals surface area (Å²) in [6.45, 7) is 13.3. The van der Waals surface area contributed by atoms with Crippen LogP contribution in [0.1, 0.15) is 67.0 Å². The molecule has 3 aliphatic rings. The van der Waals surface area contributed by atoms with Crippen molar-refractivity contribution in [2.45, 2.75) is 82.5 Å². The number of aliphatic hydroxyl groups is 1. The van der Waals surface area contributed by atoms with Gasteiger partial charge in [-0.2, -0.15) is 15.0 Å². The zero-order chi connectivity index (χ0) is 59.1. The molecule has 0 bridgehead atoms. The number of amides is 2. The normalized spacial score (nSPS) is 17.8. The van der Waals surface area contributed by atoms with Crippen LogP contribution in [0.2, 0.25) is 5.02 Å². The number of sulfone groups is 1. The number of likely N-dealkylation sites (tertiary alicyclic amines) is 1. The van der Waals surface area contributed by atoms with Crippen LogP contribution in [0.25, 0.3) is 10.4 Å². The van der Waals surface area contributed by atoms with Crippen molar-refractivity contribution < 1.29 is 55.6 Å². The van der Waals surface area contributed by atoms with Crippen LogP contribution < -0.4 is 35.1 Å². The number of fused-ring (bicyclic) bond motifs is 1. The smallest absolute Gasteiger partial charge is 0.467 e. The van der Waals surface area contributed by atoms with Crippen molar-refractivity contribution in [1.29, 1.82) is 0 Å². The summed E-state index contributed by atoms with van der Waals surface area (Å²) in [5.41, 5.74) is 6.01. The van der Waals surface area contributed by atoms with E-state index in [0.29, 0.717) is 99.0 Å². The van der Waals surface area contributed by atoms with Crippen molar-refractivity contribution in [2.24, 2.45) is 5.41 Å². The number of carbonyl (C=O) groups is 2. The first-order chi connectivity index (χ1) is 39.6. The highest BCUT2D eigenvalue weighted by Gasteiger charge is 2.46. The van der Waals surface area contributed by atoms with Gasteiger partial charge in [0.2, 0.25) is 17.8 Å². The number of aryl methyl sites for hydroxylation is 1. The molecule has 83 heavy (non-hydrogen) atoms. The Hall–Kier alpha value is -6.64. The summed E-state index contributed by atoms with van der Waals surface area (Å²) in [5.74, 6) is -0.211. The number of hydrogen-bond acceptors (Lipinski definition) is 19.